The van der Waals surface area contributed by atoms with Crippen molar-refractivity contribution in [1.82, 2.24) is 14.9 Å². The molecule has 1 aliphatic rings. The molecule has 138 valence electrons. The van der Waals surface area contributed by atoms with E-state index in [0.717, 1.165) is 5.56 Å². The molecule has 1 amide bonds. The van der Waals surface area contributed by atoms with Gasteiger partial charge in [0.05, 0.1) is 11.6 Å². The van der Waals surface area contributed by atoms with Crippen molar-refractivity contribution in [3.63, 3.8) is 0 Å². The molecule has 1 aliphatic heterocycles. The molecule has 3 aromatic rings. The van der Waals surface area contributed by atoms with Gasteiger partial charge in [-0.15, -0.1) is 0 Å². The quantitative estimate of drug-likeness (QED) is 0.433. The Hall–Kier alpha value is -3.80. The van der Waals surface area contributed by atoms with Crippen LogP contribution in [0.25, 0.3) is 5.76 Å². The highest BCUT2D eigenvalue weighted by Gasteiger charge is 2.46. The highest BCUT2D eigenvalue weighted by molar-refractivity contribution is 6.46. The molecule has 2 aromatic heterocycles. The zero-order valence-electron chi connectivity index (χ0n) is 14.9. The summed E-state index contributed by atoms with van der Waals surface area (Å²) >= 11 is 0. The summed E-state index contributed by atoms with van der Waals surface area (Å²) in [6.45, 7) is 0.198. The first-order valence-corrected chi connectivity index (χ1v) is 8.79. The summed E-state index contributed by atoms with van der Waals surface area (Å²) in [7, 11) is 0. The van der Waals surface area contributed by atoms with Gasteiger partial charge in [0.15, 0.2) is 0 Å². The van der Waals surface area contributed by atoms with Crippen molar-refractivity contribution in [2.24, 2.45) is 0 Å². The standard InChI is InChI=1S/C22H17N3O3/c26-20(16-7-2-1-3-8-16)18-19(17-9-5-11-24-13-17)25(22(28)21(18)27)14-15-6-4-10-23-12-15/h1-13,19,26H,14H2/b20-18+/t19-/m1/s1. The summed E-state index contributed by atoms with van der Waals surface area (Å²) in [5, 5.41) is 10.9. The van der Waals surface area contributed by atoms with E-state index in [1.165, 1.54) is 4.90 Å². The normalized spacial score (nSPS) is 18.4. The molecule has 0 radical (unpaired) electrons. The fraction of sp³-hybridized carbons (Fsp3) is 0.0909. The number of hydrogen-bond donors (Lipinski definition) is 1. The lowest BCUT2D eigenvalue weighted by Gasteiger charge is -2.25. The van der Waals surface area contributed by atoms with E-state index in [1.807, 2.05) is 12.1 Å². The number of carbonyl (C=O) groups excluding carboxylic acids is 2. The number of likely N-dealkylation sites (tertiary alicyclic amines) is 1. The van der Waals surface area contributed by atoms with Crippen LogP contribution in [0.5, 0.6) is 0 Å². The van der Waals surface area contributed by atoms with E-state index in [9.17, 15) is 14.7 Å². The summed E-state index contributed by atoms with van der Waals surface area (Å²) in [5.41, 5.74) is 1.99. The monoisotopic (exact) mass is 371 g/mol. The SMILES string of the molecule is O=C1C(=O)N(Cc2cccnc2)[C@H](c2cccnc2)/C1=C(\O)c1ccccc1. The van der Waals surface area contributed by atoms with Gasteiger partial charge >= 0.3 is 0 Å². The minimum absolute atomic E-state index is 0.0630. The Bertz CT molecular complexity index is 1030. The van der Waals surface area contributed by atoms with Crippen LogP contribution in [0, 0.1) is 0 Å². The van der Waals surface area contributed by atoms with Crippen molar-refractivity contribution in [3.8, 4) is 0 Å². The first kappa shape index (κ1) is 17.6. The van der Waals surface area contributed by atoms with E-state index >= 15 is 0 Å². The van der Waals surface area contributed by atoms with Crippen LogP contribution in [0.1, 0.15) is 22.7 Å². The zero-order valence-corrected chi connectivity index (χ0v) is 14.9. The Morgan fingerprint density at radius 1 is 0.929 bits per heavy atom. The van der Waals surface area contributed by atoms with E-state index in [1.54, 1.807) is 67.3 Å². The molecule has 28 heavy (non-hydrogen) atoms. The Kier molecular flexibility index (Phi) is 4.68. The molecule has 0 unspecified atom stereocenters. The van der Waals surface area contributed by atoms with Gasteiger partial charge in [-0.25, -0.2) is 0 Å². The maximum absolute atomic E-state index is 12.9. The lowest BCUT2D eigenvalue weighted by atomic mass is 9.96. The first-order valence-electron chi connectivity index (χ1n) is 8.79. The maximum atomic E-state index is 12.9. The van der Waals surface area contributed by atoms with Gasteiger partial charge in [0.1, 0.15) is 5.76 Å². The van der Waals surface area contributed by atoms with Crippen molar-refractivity contribution in [2.75, 3.05) is 0 Å². The van der Waals surface area contributed by atoms with E-state index in [-0.39, 0.29) is 17.9 Å². The maximum Gasteiger partial charge on any atom is 0.295 e. The van der Waals surface area contributed by atoms with E-state index in [0.29, 0.717) is 11.1 Å². The molecule has 1 atom stereocenters. The Labute approximate surface area is 161 Å². The molecule has 4 rings (SSSR count). The number of benzene rings is 1. The van der Waals surface area contributed by atoms with Crippen LogP contribution in [0.4, 0.5) is 0 Å². The molecule has 0 spiro atoms. The van der Waals surface area contributed by atoms with Gasteiger partial charge in [-0.05, 0) is 23.3 Å². The molecule has 1 saturated heterocycles. The molecule has 0 saturated carbocycles. The van der Waals surface area contributed by atoms with Crippen LogP contribution in [-0.4, -0.2) is 31.7 Å². The predicted octanol–water partition coefficient (Wildman–Crippen LogP) is 3.10. The Morgan fingerprint density at radius 3 is 2.29 bits per heavy atom. The number of amides is 1. The van der Waals surface area contributed by atoms with Gasteiger partial charge in [0.2, 0.25) is 0 Å². The topological polar surface area (TPSA) is 83.4 Å². The molecule has 3 heterocycles. The molecule has 6 heteroatoms. The van der Waals surface area contributed by atoms with Gasteiger partial charge in [-0.3, -0.25) is 19.6 Å². The van der Waals surface area contributed by atoms with E-state index < -0.39 is 17.7 Å². The predicted molar refractivity (Wildman–Crippen MR) is 103 cm³/mol. The van der Waals surface area contributed by atoms with Crippen molar-refractivity contribution in [3.05, 3.63) is 102 Å². The number of aromatic nitrogens is 2. The molecular weight excluding hydrogens is 354 g/mol. The summed E-state index contributed by atoms with van der Waals surface area (Å²) in [6.07, 6.45) is 6.52. The smallest absolute Gasteiger partial charge is 0.295 e. The third-order valence-corrected chi connectivity index (χ3v) is 4.66. The van der Waals surface area contributed by atoms with Gasteiger partial charge in [0, 0.05) is 36.9 Å². The van der Waals surface area contributed by atoms with Crippen LogP contribution >= 0.6 is 0 Å². The molecule has 1 fully saturated rings. The van der Waals surface area contributed by atoms with Crippen molar-refractivity contribution >= 4 is 17.4 Å². The number of aliphatic hydroxyl groups is 1. The fourth-order valence-electron chi connectivity index (χ4n) is 3.37. The third-order valence-electron chi connectivity index (χ3n) is 4.66. The van der Waals surface area contributed by atoms with E-state index in [4.69, 9.17) is 0 Å². The molecule has 1 aromatic carbocycles. The van der Waals surface area contributed by atoms with Crippen LogP contribution in [0.15, 0.2) is 85.0 Å². The summed E-state index contributed by atoms with van der Waals surface area (Å²) in [5.74, 6) is -1.56. The highest BCUT2D eigenvalue weighted by Crippen LogP contribution is 2.39. The number of Topliss-reactive ketones (excluding diaryl/α,β-unsaturated/α-hetero) is 1. The van der Waals surface area contributed by atoms with Crippen molar-refractivity contribution in [1.29, 1.82) is 0 Å². The number of hydrogen-bond acceptors (Lipinski definition) is 5. The summed E-state index contributed by atoms with van der Waals surface area (Å²) in [4.78, 5) is 35.3. The Balaban J connectivity index is 1.85. The van der Waals surface area contributed by atoms with Crippen LogP contribution in [0.2, 0.25) is 0 Å². The number of carbonyl (C=O) groups is 2. The second kappa shape index (κ2) is 7.44. The summed E-state index contributed by atoms with van der Waals surface area (Å²) in [6, 6.07) is 15.2. The van der Waals surface area contributed by atoms with Gasteiger partial charge < -0.3 is 10.0 Å². The van der Waals surface area contributed by atoms with Crippen molar-refractivity contribution in [2.45, 2.75) is 12.6 Å². The van der Waals surface area contributed by atoms with Crippen LogP contribution in [-0.2, 0) is 16.1 Å². The van der Waals surface area contributed by atoms with Crippen molar-refractivity contribution < 1.29 is 14.7 Å². The largest absolute Gasteiger partial charge is 0.507 e. The third kappa shape index (κ3) is 3.16. The molecule has 6 nitrogen and oxygen atoms in total. The number of aliphatic hydroxyl groups excluding tert-OH is 1. The molecule has 0 aliphatic carbocycles. The highest BCUT2D eigenvalue weighted by atomic mass is 16.3. The van der Waals surface area contributed by atoms with Crippen LogP contribution in [0.3, 0.4) is 0 Å². The molecule has 0 bridgehead atoms. The van der Waals surface area contributed by atoms with Gasteiger partial charge in [-0.2, -0.15) is 0 Å². The first-order chi connectivity index (χ1) is 13.7. The second-order valence-electron chi connectivity index (χ2n) is 6.44. The van der Waals surface area contributed by atoms with E-state index in [2.05, 4.69) is 9.97 Å². The lowest BCUT2D eigenvalue weighted by Crippen LogP contribution is -2.29. The number of nitrogens with zero attached hydrogens (tertiary/aromatic N) is 3. The Morgan fingerprint density at radius 2 is 1.64 bits per heavy atom. The van der Waals surface area contributed by atoms with Gasteiger partial charge in [0.25, 0.3) is 11.7 Å². The molecular formula is C22H17N3O3. The number of rotatable bonds is 4. The average Bonchev–Trinajstić information content (AvgIpc) is 3.00. The minimum Gasteiger partial charge on any atom is -0.507 e. The minimum atomic E-state index is -0.728. The second-order valence-corrected chi connectivity index (χ2v) is 6.44. The zero-order chi connectivity index (χ0) is 19.5. The average molecular weight is 371 g/mol. The molecule has 1 N–H and O–H groups in total. The van der Waals surface area contributed by atoms with Crippen LogP contribution < -0.4 is 0 Å². The van der Waals surface area contributed by atoms with Gasteiger partial charge in [-0.1, -0.05) is 42.5 Å². The lowest BCUT2D eigenvalue weighted by molar-refractivity contribution is -0.140. The summed E-state index contributed by atoms with van der Waals surface area (Å²) < 4.78 is 0. The number of ketones is 1. The number of pyridine rings is 2. The fourth-order valence-corrected chi connectivity index (χ4v) is 3.37.